The lowest BCUT2D eigenvalue weighted by atomic mass is 9.98. The van der Waals surface area contributed by atoms with Gasteiger partial charge in [-0.15, -0.1) is 0 Å². The largest absolute Gasteiger partial charge is 0.369 e. The van der Waals surface area contributed by atoms with Gasteiger partial charge >= 0.3 is 0 Å². The second-order valence-electron chi connectivity index (χ2n) is 4.88. The molecule has 1 aliphatic rings. The van der Waals surface area contributed by atoms with E-state index >= 15 is 0 Å². The molecular formula is C12H14Cl2N2O3S. The third-order valence-corrected chi connectivity index (χ3v) is 6.04. The molecular weight excluding hydrogens is 323 g/mol. The number of hydrogen-bond acceptors (Lipinski definition) is 3. The van der Waals surface area contributed by atoms with Crippen molar-refractivity contribution < 1.29 is 13.2 Å². The smallest absolute Gasteiger partial charge is 0.243 e. The highest BCUT2D eigenvalue weighted by atomic mass is 35.5. The topological polar surface area (TPSA) is 80.5 Å². The monoisotopic (exact) mass is 336 g/mol. The summed E-state index contributed by atoms with van der Waals surface area (Å²) in [6, 6.07) is 4.13. The number of amides is 1. The highest BCUT2D eigenvalue weighted by Gasteiger charge is 2.39. The Kier molecular flexibility index (Phi) is 4.30. The first-order chi connectivity index (χ1) is 9.23. The summed E-state index contributed by atoms with van der Waals surface area (Å²) in [6.07, 6.45) is 0. The van der Waals surface area contributed by atoms with Crippen LogP contribution >= 0.6 is 23.2 Å². The molecule has 1 aromatic rings. The van der Waals surface area contributed by atoms with E-state index in [1.165, 1.54) is 22.5 Å². The number of halogens is 2. The molecule has 20 heavy (non-hydrogen) atoms. The minimum Gasteiger partial charge on any atom is -0.369 e. The van der Waals surface area contributed by atoms with Crippen LogP contribution in [0.5, 0.6) is 0 Å². The quantitative estimate of drug-likeness (QED) is 0.912. The number of carbonyl (C=O) groups excluding carboxylic acids is 1. The summed E-state index contributed by atoms with van der Waals surface area (Å²) in [5.41, 5.74) is 5.28. The number of nitrogens with two attached hydrogens (primary N) is 1. The maximum absolute atomic E-state index is 12.5. The number of carbonyl (C=O) groups is 1. The Labute approximate surface area is 127 Å². The fourth-order valence-electron chi connectivity index (χ4n) is 2.28. The second-order valence-corrected chi connectivity index (χ2v) is 7.64. The Morgan fingerprint density at radius 3 is 2.45 bits per heavy atom. The van der Waals surface area contributed by atoms with Crippen LogP contribution in [0.2, 0.25) is 10.0 Å². The van der Waals surface area contributed by atoms with E-state index in [0.29, 0.717) is 0 Å². The fourth-order valence-corrected chi connectivity index (χ4v) is 4.23. The molecule has 0 bridgehead atoms. The van der Waals surface area contributed by atoms with Crippen LogP contribution in [-0.2, 0) is 14.8 Å². The van der Waals surface area contributed by atoms with Crippen molar-refractivity contribution in [3.05, 3.63) is 28.2 Å². The van der Waals surface area contributed by atoms with Gasteiger partial charge in [0.1, 0.15) is 0 Å². The van der Waals surface area contributed by atoms with E-state index in [4.69, 9.17) is 28.9 Å². The molecule has 1 saturated heterocycles. The molecule has 1 aromatic carbocycles. The molecule has 1 amide bonds. The molecule has 8 heteroatoms. The van der Waals surface area contributed by atoms with Gasteiger partial charge in [-0.1, -0.05) is 30.1 Å². The van der Waals surface area contributed by atoms with Gasteiger partial charge in [0.15, 0.2) is 0 Å². The number of nitrogens with zero attached hydrogens (tertiary/aromatic N) is 1. The van der Waals surface area contributed by atoms with E-state index in [1.807, 2.05) is 0 Å². The van der Waals surface area contributed by atoms with Crippen molar-refractivity contribution in [1.82, 2.24) is 4.31 Å². The first-order valence-corrected chi connectivity index (χ1v) is 8.17. The molecule has 1 heterocycles. The van der Waals surface area contributed by atoms with Crippen molar-refractivity contribution in [3.63, 3.8) is 0 Å². The van der Waals surface area contributed by atoms with E-state index in [0.717, 1.165) is 0 Å². The molecule has 0 radical (unpaired) electrons. The molecule has 2 rings (SSSR count). The standard InChI is InChI=1S/C12H14Cl2N2O3S/c1-7-5-16(6-9(7)12(15)17)20(18,19)8-2-3-10(13)11(14)4-8/h2-4,7,9H,5-6H2,1H3,(H2,15,17)/t7-,9-/m1/s1. The van der Waals surface area contributed by atoms with Crippen molar-refractivity contribution >= 4 is 39.1 Å². The Bertz CT molecular complexity index is 648. The van der Waals surface area contributed by atoms with Gasteiger partial charge in [-0.3, -0.25) is 4.79 Å². The lowest BCUT2D eigenvalue weighted by molar-refractivity contribution is -0.122. The Morgan fingerprint density at radius 1 is 1.30 bits per heavy atom. The van der Waals surface area contributed by atoms with Crippen molar-refractivity contribution in [2.45, 2.75) is 11.8 Å². The Morgan fingerprint density at radius 2 is 1.95 bits per heavy atom. The van der Waals surface area contributed by atoms with Crippen LogP contribution in [0, 0.1) is 11.8 Å². The number of benzene rings is 1. The van der Waals surface area contributed by atoms with Gasteiger partial charge < -0.3 is 5.73 Å². The van der Waals surface area contributed by atoms with E-state index in [-0.39, 0.29) is 33.9 Å². The van der Waals surface area contributed by atoms with Crippen LogP contribution in [-0.4, -0.2) is 31.7 Å². The van der Waals surface area contributed by atoms with Crippen LogP contribution in [0.15, 0.2) is 23.1 Å². The molecule has 5 nitrogen and oxygen atoms in total. The maximum Gasteiger partial charge on any atom is 0.243 e. The van der Waals surface area contributed by atoms with Gasteiger partial charge in [0.25, 0.3) is 0 Å². The molecule has 0 aromatic heterocycles. The van der Waals surface area contributed by atoms with Crippen molar-refractivity contribution in [2.24, 2.45) is 17.6 Å². The molecule has 0 spiro atoms. The maximum atomic E-state index is 12.5. The normalized spacial score (nSPS) is 23.9. The van der Waals surface area contributed by atoms with Crippen LogP contribution in [0.25, 0.3) is 0 Å². The van der Waals surface area contributed by atoms with Crippen LogP contribution in [0.1, 0.15) is 6.92 Å². The average molecular weight is 337 g/mol. The van der Waals surface area contributed by atoms with Gasteiger partial charge in [0.05, 0.1) is 20.9 Å². The minimum absolute atomic E-state index is 0.0595. The van der Waals surface area contributed by atoms with E-state index < -0.39 is 21.8 Å². The average Bonchev–Trinajstić information content (AvgIpc) is 2.75. The predicted molar refractivity (Wildman–Crippen MR) is 77.1 cm³/mol. The van der Waals surface area contributed by atoms with Gasteiger partial charge in [-0.25, -0.2) is 8.42 Å². The molecule has 2 N–H and O–H groups in total. The molecule has 0 saturated carbocycles. The lowest BCUT2D eigenvalue weighted by Gasteiger charge is -2.16. The molecule has 2 atom stereocenters. The number of sulfonamides is 1. The van der Waals surface area contributed by atoms with Gasteiger partial charge in [0, 0.05) is 13.1 Å². The summed E-state index contributed by atoms with van der Waals surface area (Å²) in [5, 5.41) is 0.460. The van der Waals surface area contributed by atoms with E-state index in [1.54, 1.807) is 6.92 Å². The zero-order valence-electron chi connectivity index (χ0n) is 10.7. The first-order valence-electron chi connectivity index (χ1n) is 5.98. The van der Waals surface area contributed by atoms with Gasteiger partial charge in [-0.05, 0) is 24.1 Å². The number of rotatable bonds is 3. The van der Waals surface area contributed by atoms with Crippen molar-refractivity contribution in [3.8, 4) is 0 Å². The molecule has 1 aliphatic heterocycles. The van der Waals surface area contributed by atoms with Gasteiger partial charge in [0.2, 0.25) is 15.9 Å². The van der Waals surface area contributed by atoms with Crippen LogP contribution in [0.4, 0.5) is 0 Å². The molecule has 110 valence electrons. The summed E-state index contributed by atoms with van der Waals surface area (Å²) >= 11 is 11.6. The summed E-state index contributed by atoms with van der Waals surface area (Å²) in [4.78, 5) is 11.3. The molecule has 0 aliphatic carbocycles. The highest BCUT2D eigenvalue weighted by Crippen LogP contribution is 2.31. The number of primary amides is 1. The SMILES string of the molecule is C[C@@H]1CN(S(=O)(=O)c2ccc(Cl)c(Cl)c2)C[C@H]1C(N)=O. The number of hydrogen-bond donors (Lipinski definition) is 1. The zero-order valence-corrected chi connectivity index (χ0v) is 13.0. The van der Waals surface area contributed by atoms with E-state index in [9.17, 15) is 13.2 Å². The molecule has 0 unspecified atom stereocenters. The first kappa shape index (κ1) is 15.6. The fraction of sp³-hybridized carbons (Fsp3) is 0.417. The second kappa shape index (κ2) is 5.52. The van der Waals surface area contributed by atoms with Crippen molar-refractivity contribution in [1.29, 1.82) is 0 Å². The zero-order chi connectivity index (χ0) is 15.1. The summed E-state index contributed by atoms with van der Waals surface area (Å²) < 4.78 is 26.2. The third-order valence-electron chi connectivity index (χ3n) is 3.47. The van der Waals surface area contributed by atoms with Crippen LogP contribution < -0.4 is 5.73 Å². The Hall–Kier alpha value is -0.820. The summed E-state index contributed by atoms with van der Waals surface area (Å²) in [6.45, 7) is 2.16. The predicted octanol–water partition coefficient (Wildman–Crippen LogP) is 1.74. The Balaban J connectivity index is 2.32. The van der Waals surface area contributed by atoms with E-state index in [2.05, 4.69) is 0 Å². The summed E-state index contributed by atoms with van der Waals surface area (Å²) in [7, 11) is -3.69. The highest BCUT2D eigenvalue weighted by molar-refractivity contribution is 7.89. The summed E-state index contributed by atoms with van der Waals surface area (Å²) in [5.74, 6) is -1.05. The third kappa shape index (κ3) is 2.79. The van der Waals surface area contributed by atoms with Gasteiger partial charge in [-0.2, -0.15) is 4.31 Å². The molecule has 1 fully saturated rings. The lowest BCUT2D eigenvalue weighted by Crippen LogP contribution is -2.32. The minimum atomic E-state index is -3.69. The van der Waals surface area contributed by atoms with Crippen LogP contribution in [0.3, 0.4) is 0 Å². The van der Waals surface area contributed by atoms with Crippen molar-refractivity contribution in [2.75, 3.05) is 13.1 Å².